The number of ether oxygens (including phenoxy) is 1. The number of aromatic nitrogens is 2. The maximum atomic E-state index is 12.0. The van der Waals surface area contributed by atoms with E-state index in [4.69, 9.17) is 10.5 Å². The van der Waals surface area contributed by atoms with E-state index in [1.165, 1.54) is 6.20 Å². The van der Waals surface area contributed by atoms with Crippen LogP contribution in [-0.4, -0.2) is 23.2 Å². The second kappa shape index (κ2) is 4.79. The van der Waals surface area contributed by atoms with E-state index in [-0.39, 0.29) is 11.6 Å². The number of hydrogen-bond acceptors (Lipinski definition) is 4. The maximum Gasteiger partial charge on any atom is 0.275 e. The number of benzene rings is 1. The normalized spacial score (nSPS) is 10.1. The van der Waals surface area contributed by atoms with Gasteiger partial charge >= 0.3 is 0 Å². The molecule has 0 spiro atoms. The van der Waals surface area contributed by atoms with Gasteiger partial charge in [0.1, 0.15) is 11.4 Å². The number of nitrogens with one attached hydrogen (secondary N) is 2. The highest BCUT2D eigenvalue weighted by atomic mass is 16.5. The average molecular weight is 246 g/mol. The minimum atomic E-state index is -0.353. The summed E-state index contributed by atoms with van der Waals surface area (Å²) in [6.07, 6.45) is 1.39. The molecular weight excluding hydrogens is 232 g/mol. The van der Waals surface area contributed by atoms with Gasteiger partial charge in [-0.3, -0.25) is 9.89 Å². The number of aryl methyl sites for hydroxylation is 1. The van der Waals surface area contributed by atoms with Crippen LogP contribution in [0.25, 0.3) is 0 Å². The summed E-state index contributed by atoms with van der Waals surface area (Å²) in [5.74, 6) is 0.237. The Labute approximate surface area is 104 Å². The zero-order valence-electron chi connectivity index (χ0n) is 10.2. The molecule has 0 aliphatic rings. The van der Waals surface area contributed by atoms with Crippen LogP contribution in [0.2, 0.25) is 0 Å². The van der Waals surface area contributed by atoms with Crippen molar-refractivity contribution in [3.05, 3.63) is 35.7 Å². The number of carbonyl (C=O) groups is 1. The highest BCUT2D eigenvalue weighted by Crippen LogP contribution is 2.25. The Balaban J connectivity index is 2.27. The van der Waals surface area contributed by atoms with E-state index in [1.54, 1.807) is 13.2 Å². The molecule has 2 rings (SSSR count). The predicted molar refractivity (Wildman–Crippen MR) is 68.7 cm³/mol. The summed E-state index contributed by atoms with van der Waals surface area (Å²) in [5.41, 5.74) is 7.76. The van der Waals surface area contributed by atoms with Gasteiger partial charge in [-0.15, -0.1) is 0 Å². The summed E-state index contributed by atoms with van der Waals surface area (Å²) in [4.78, 5) is 12.0. The van der Waals surface area contributed by atoms with Crippen molar-refractivity contribution >= 4 is 17.3 Å². The molecule has 1 heterocycles. The van der Waals surface area contributed by atoms with Gasteiger partial charge in [-0.1, -0.05) is 6.07 Å². The molecule has 0 saturated heterocycles. The van der Waals surface area contributed by atoms with Crippen LogP contribution in [0.15, 0.2) is 24.4 Å². The molecule has 0 atom stereocenters. The predicted octanol–water partition coefficient (Wildman–Crippen LogP) is 1.56. The summed E-state index contributed by atoms with van der Waals surface area (Å²) in [7, 11) is 1.55. The van der Waals surface area contributed by atoms with Crippen LogP contribution >= 0.6 is 0 Å². The Hall–Kier alpha value is -2.50. The lowest BCUT2D eigenvalue weighted by Crippen LogP contribution is -2.14. The number of nitrogens with zero attached hydrogens (tertiary/aromatic N) is 1. The van der Waals surface area contributed by atoms with Crippen molar-refractivity contribution < 1.29 is 9.53 Å². The number of H-pyrrole nitrogens is 1. The summed E-state index contributed by atoms with van der Waals surface area (Å²) in [5, 5.41) is 8.98. The fraction of sp³-hybridized carbons (Fsp3) is 0.167. The van der Waals surface area contributed by atoms with Crippen molar-refractivity contribution in [3.8, 4) is 5.75 Å². The van der Waals surface area contributed by atoms with Crippen molar-refractivity contribution in [2.75, 3.05) is 18.2 Å². The van der Waals surface area contributed by atoms with Crippen molar-refractivity contribution in [3.63, 3.8) is 0 Å². The van der Waals surface area contributed by atoms with Crippen molar-refractivity contribution in [2.45, 2.75) is 6.92 Å². The third kappa shape index (κ3) is 2.27. The first-order chi connectivity index (χ1) is 8.61. The number of carbonyl (C=O) groups excluding carboxylic acids is 1. The van der Waals surface area contributed by atoms with Crippen LogP contribution < -0.4 is 15.8 Å². The van der Waals surface area contributed by atoms with E-state index in [9.17, 15) is 4.79 Å². The van der Waals surface area contributed by atoms with E-state index in [0.29, 0.717) is 17.1 Å². The van der Waals surface area contributed by atoms with E-state index in [1.807, 2.05) is 19.1 Å². The highest BCUT2D eigenvalue weighted by molar-refractivity contribution is 6.06. The lowest BCUT2D eigenvalue weighted by molar-refractivity contribution is 0.102. The molecule has 0 saturated carbocycles. The molecule has 2 aromatic rings. The molecule has 0 aliphatic heterocycles. The van der Waals surface area contributed by atoms with Gasteiger partial charge in [-0.2, -0.15) is 5.10 Å². The van der Waals surface area contributed by atoms with Crippen molar-refractivity contribution in [2.24, 2.45) is 0 Å². The molecule has 6 heteroatoms. The van der Waals surface area contributed by atoms with Gasteiger partial charge < -0.3 is 15.8 Å². The fourth-order valence-corrected chi connectivity index (χ4v) is 1.58. The molecule has 1 amide bonds. The zero-order chi connectivity index (χ0) is 13.1. The second-order valence-corrected chi connectivity index (χ2v) is 3.86. The molecule has 0 fully saturated rings. The number of rotatable bonds is 3. The monoisotopic (exact) mass is 246 g/mol. The molecule has 0 bridgehead atoms. The quantitative estimate of drug-likeness (QED) is 0.766. The largest absolute Gasteiger partial charge is 0.495 e. The summed E-state index contributed by atoms with van der Waals surface area (Å²) in [6, 6.07) is 5.52. The number of nitrogens with two attached hydrogens (primary N) is 1. The number of amides is 1. The van der Waals surface area contributed by atoms with E-state index in [2.05, 4.69) is 15.5 Å². The minimum absolute atomic E-state index is 0.235. The molecule has 4 N–H and O–H groups in total. The Kier molecular flexibility index (Phi) is 3.18. The molecule has 6 nitrogen and oxygen atoms in total. The number of nitrogen functional groups attached to an aromatic ring is 1. The Bertz CT molecular complexity index is 577. The topological polar surface area (TPSA) is 93.0 Å². The number of aromatic amines is 1. The van der Waals surface area contributed by atoms with Gasteiger partial charge in [0.2, 0.25) is 0 Å². The van der Waals surface area contributed by atoms with E-state index < -0.39 is 0 Å². The molecule has 0 aliphatic carbocycles. The van der Waals surface area contributed by atoms with E-state index >= 15 is 0 Å². The van der Waals surface area contributed by atoms with Crippen LogP contribution in [0.5, 0.6) is 5.75 Å². The van der Waals surface area contributed by atoms with Gasteiger partial charge in [-0.05, 0) is 24.6 Å². The molecule has 18 heavy (non-hydrogen) atoms. The summed E-state index contributed by atoms with van der Waals surface area (Å²) in [6.45, 7) is 1.93. The van der Waals surface area contributed by atoms with Crippen LogP contribution in [0, 0.1) is 6.92 Å². The standard InChI is InChI=1S/C12H14N4O2/c1-7-3-4-10(18-2)9(5-7)15-12(17)11-8(13)6-14-16-11/h3-6H,13H2,1-2H3,(H,14,16)(H,15,17). The lowest BCUT2D eigenvalue weighted by atomic mass is 10.2. The maximum absolute atomic E-state index is 12.0. The summed E-state index contributed by atoms with van der Waals surface area (Å²) < 4.78 is 5.18. The minimum Gasteiger partial charge on any atom is -0.495 e. The molecule has 0 unspecified atom stereocenters. The van der Waals surface area contributed by atoms with Gasteiger partial charge in [0.05, 0.1) is 24.7 Å². The van der Waals surface area contributed by atoms with Gasteiger partial charge in [0, 0.05) is 0 Å². The first-order valence-corrected chi connectivity index (χ1v) is 5.36. The smallest absolute Gasteiger partial charge is 0.275 e. The van der Waals surface area contributed by atoms with Gasteiger partial charge in [-0.25, -0.2) is 0 Å². The highest BCUT2D eigenvalue weighted by Gasteiger charge is 2.14. The third-order valence-electron chi connectivity index (χ3n) is 2.50. The average Bonchev–Trinajstić information content (AvgIpc) is 2.76. The van der Waals surface area contributed by atoms with Crippen molar-refractivity contribution in [1.82, 2.24) is 10.2 Å². The van der Waals surface area contributed by atoms with Crippen LogP contribution in [0.4, 0.5) is 11.4 Å². The molecular formula is C12H14N4O2. The second-order valence-electron chi connectivity index (χ2n) is 3.86. The zero-order valence-corrected chi connectivity index (χ0v) is 10.2. The molecule has 0 radical (unpaired) electrons. The molecule has 94 valence electrons. The van der Waals surface area contributed by atoms with Gasteiger partial charge in [0.15, 0.2) is 0 Å². The van der Waals surface area contributed by atoms with Crippen molar-refractivity contribution in [1.29, 1.82) is 0 Å². The number of methoxy groups -OCH3 is 1. The van der Waals surface area contributed by atoms with Gasteiger partial charge in [0.25, 0.3) is 5.91 Å². The number of anilines is 2. The van der Waals surface area contributed by atoms with Crippen LogP contribution in [0.3, 0.4) is 0 Å². The molecule has 1 aromatic carbocycles. The number of hydrogen-bond donors (Lipinski definition) is 3. The Morgan fingerprint density at radius 2 is 2.28 bits per heavy atom. The SMILES string of the molecule is COc1ccc(C)cc1NC(=O)c1[nH]ncc1N. The van der Waals surface area contributed by atoms with Crippen LogP contribution in [0.1, 0.15) is 16.1 Å². The van der Waals surface area contributed by atoms with E-state index in [0.717, 1.165) is 5.56 Å². The first kappa shape index (κ1) is 12.0. The summed E-state index contributed by atoms with van der Waals surface area (Å²) >= 11 is 0. The Morgan fingerprint density at radius 3 is 2.89 bits per heavy atom. The fourth-order valence-electron chi connectivity index (χ4n) is 1.58. The Morgan fingerprint density at radius 1 is 1.50 bits per heavy atom. The lowest BCUT2D eigenvalue weighted by Gasteiger charge is -2.10. The van der Waals surface area contributed by atoms with Crippen LogP contribution in [-0.2, 0) is 0 Å². The third-order valence-corrected chi connectivity index (χ3v) is 2.50. The molecule has 1 aromatic heterocycles. The first-order valence-electron chi connectivity index (χ1n) is 5.36.